The Balaban J connectivity index is 2.23. The summed E-state index contributed by atoms with van der Waals surface area (Å²) in [5.74, 6) is -1.79. The highest BCUT2D eigenvalue weighted by atomic mass is 16.5. The maximum atomic E-state index is 11.5. The van der Waals surface area contributed by atoms with Gasteiger partial charge >= 0.3 is 11.9 Å². The van der Waals surface area contributed by atoms with Gasteiger partial charge in [0.1, 0.15) is 11.4 Å². The van der Waals surface area contributed by atoms with E-state index in [0.29, 0.717) is 17.0 Å². The van der Waals surface area contributed by atoms with E-state index in [-0.39, 0.29) is 17.0 Å². The van der Waals surface area contributed by atoms with Gasteiger partial charge in [0.2, 0.25) is 0 Å². The SMILES string of the molecule is COc1cccc(-c2c(C(=O)O)nnn2-c2cccc(C(=O)O)c2)c1. The van der Waals surface area contributed by atoms with Gasteiger partial charge < -0.3 is 14.9 Å². The van der Waals surface area contributed by atoms with Crippen LogP contribution in [-0.4, -0.2) is 44.3 Å². The molecule has 8 nitrogen and oxygen atoms in total. The summed E-state index contributed by atoms with van der Waals surface area (Å²) in [6.07, 6.45) is 0. The second kappa shape index (κ2) is 6.44. The first-order valence-electron chi connectivity index (χ1n) is 7.18. The van der Waals surface area contributed by atoms with E-state index >= 15 is 0 Å². The van der Waals surface area contributed by atoms with Gasteiger partial charge in [-0.3, -0.25) is 0 Å². The predicted octanol–water partition coefficient (Wildman–Crippen LogP) is 2.34. The van der Waals surface area contributed by atoms with Crippen molar-refractivity contribution in [3.05, 3.63) is 59.8 Å². The average Bonchev–Trinajstić information content (AvgIpc) is 3.07. The van der Waals surface area contributed by atoms with Gasteiger partial charge in [-0.2, -0.15) is 0 Å². The largest absolute Gasteiger partial charge is 0.497 e. The minimum absolute atomic E-state index is 0.0569. The van der Waals surface area contributed by atoms with Crippen molar-refractivity contribution >= 4 is 11.9 Å². The fourth-order valence-corrected chi connectivity index (χ4v) is 2.41. The number of nitrogens with zero attached hydrogens (tertiary/aromatic N) is 3. The van der Waals surface area contributed by atoms with Crippen LogP contribution in [0.2, 0.25) is 0 Å². The Morgan fingerprint density at radius 3 is 2.48 bits per heavy atom. The highest BCUT2D eigenvalue weighted by Crippen LogP contribution is 2.28. The van der Waals surface area contributed by atoms with Gasteiger partial charge in [-0.15, -0.1) is 5.10 Å². The molecule has 0 bridgehead atoms. The lowest BCUT2D eigenvalue weighted by molar-refractivity contribution is 0.0683. The summed E-state index contributed by atoms with van der Waals surface area (Å²) >= 11 is 0. The van der Waals surface area contributed by atoms with Crippen LogP contribution in [0.3, 0.4) is 0 Å². The van der Waals surface area contributed by atoms with Crippen LogP contribution in [0.5, 0.6) is 5.75 Å². The Morgan fingerprint density at radius 2 is 1.80 bits per heavy atom. The van der Waals surface area contributed by atoms with Crippen molar-refractivity contribution in [1.82, 2.24) is 15.0 Å². The van der Waals surface area contributed by atoms with E-state index in [0.717, 1.165) is 0 Å². The first-order chi connectivity index (χ1) is 12.0. The predicted molar refractivity (Wildman–Crippen MR) is 87.3 cm³/mol. The molecule has 8 heteroatoms. The van der Waals surface area contributed by atoms with Gasteiger partial charge in [0.15, 0.2) is 5.69 Å². The van der Waals surface area contributed by atoms with Gasteiger partial charge in [0, 0.05) is 5.56 Å². The van der Waals surface area contributed by atoms with Crippen LogP contribution in [0.4, 0.5) is 0 Å². The zero-order chi connectivity index (χ0) is 18.0. The van der Waals surface area contributed by atoms with E-state index in [9.17, 15) is 14.7 Å². The normalized spacial score (nSPS) is 10.4. The second-order valence-corrected chi connectivity index (χ2v) is 5.09. The summed E-state index contributed by atoms with van der Waals surface area (Å²) in [4.78, 5) is 22.7. The van der Waals surface area contributed by atoms with Gasteiger partial charge in [0.05, 0.1) is 18.4 Å². The molecule has 3 rings (SSSR count). The van der Waals surface area contributed by atoms with E-state index in [1.54, 1.807) is 36.4 Å². The van der Waals surface area contributed by atoms with Crippen molar-refractivity contribution in [1.29, 1.82) is 0 Å². The number of aromatic carboxylic acids is 2. The molecule has 0 amide bonds. The first-order valence-corrected chi connectivity index (χ1v) is 7.18. The smallest absolute Gasteiger partial charge is 0.358 e. The molecule has 0 atom stereocenters. The topological polar surface area (TPSA) is 115 Å². The molecule has 25 heavy (non-hydrogen) atoms. The Bertz CT molecular complexity index is 964. The van der Waals surface area contributed by atoms with Crippen molar-refractivity contribution in [2.75, 3.05) is 7.11 Å². The fourth-order valence-electron chi connectivity index (χ4n) is 2.41. The molecule has 1 heterocycles. The molecule has 2 N–H and O–H groups in total. The quantitative estimate of drug-likeness (QED) is 0.733. The van der Waals surface area contributed by atoms with Crippen LogP contribution in [0.1, 0.15) is 20.8 Å². The van der Waals surface area contributed by atoms with Crippen LogP contribution in [0.25, 0.3) is 16.9 Å². The van der Waals surface area contributed by atoms with E-state index < -0.39 is 11.9 Å². The van der Waals surface area contributed by atoms with Crippen LogP contribution in [-0.2, 0) is 0 Å². The lowest BCUT2D eigenvalue weighted by Gasteiger charge is -2.09. The van der Waals surface area contributed by atoms with Gasteiger partial charge in [0.25, 0.3) is 0 Å². The van der Waals surface area contributed by atoms with E-state index in [2.05, 4.69) is 10.3 Å². The second-order valence-electron chi connectivity index (χ2n) is 5.09. The summed E-state index contributed by atoms with van der Waals surface area (Å²) in [5.41, 5.74) is 0.963. The van der Waals surface area contributed by atoms with Crippen molar-refractivity contribution < 1.29 is 24.5 Å². The summed E-state index contributed by atoms with van der Waals surface area (Å²) in [7, 11) is 1.50. The highest BCUT2D eigenvalue weighted by Gasteiger charge is 2.22. The summed E-state index contributed by atoms with van der Waals surface area (Å²) in [6.45, 7) is 0. The van der Waals surface area contributed by atoms with Gasteiger partial charge in [-0.25, -0.2) is 14.3 Å². The average molecular weight is 339 g/mol. The van der Waals surface area contributed by atoms with Crippen molar-refractivity contribution in [3.63, 3.8) is 0 Å². The maximum absolute atomic E-state index is 11.5. The number of rotatable bonds is 5. The zero-order valence-electron chi connectivity index (χ0n) is 13.1. The number of carbonyl (C=O) groups is 2. The Labute approximate surface area is 141 Å². The number of aromatic nitrogens is 3. The highest BCUT2D eigenvalue weighted by molar-refractivity contribution is 5.93. The Kier molecular flexibility index (Phi) is 4.17. The molecule has 2 aromatic carbocycles. The molecule has 0 aliphatic carbocycles. The van der Waals surface area contributed by atoms with Crippen LogP contribution < -0.4 is 4.74 Å². The number of carboxylic acids is 2. The lowest BCUT2D eigenvalue weighted by Crippen LogP contribution is -2.05. The summed E-state index contributed by atoms with van der Waals surface area (Å²) < 4.78 is 6.47. The first kappa shape index (κ1) is 16.2. The van der Waals surface area contributed by atoms with Gasteiger partial charge in [-0.1, -0.05) is 23.4 Å². The van der Waals surface area contributed by atoms with Crippen LogP contribution in [0, 0.1) is 0 Å². The summed E-state index contributed by atoms with van der Waals surface area (Å²) in [5, 5.41) is 26.2. The monoisotopic (exact) mass is 339 g/mol. The minimum atomic E-state index is -1.24. The molecule has 0 spiro atoms. The Morgan fingerprint density at radius 1 is 1.04 bits per heavy atom. The minimum Gasteiger partial charge on any atom is -0.497 e. The molecule has 0 saturated heterocycles. The van der Waals surface area contributed by atoms with Crippen molar-refractivity contribution in [3.8, 4) is 22.7 Å². The molecule has 0 fully saturated rings. The molecule has 0 aliphatic heterocycles. The van der Waals surface area contributed by atoms with E-state index in [4.69, 9.17) is 9.84 Å². The van der Waals surface area contributed by atoms with Crippen LogP contribution >= 0.6 is 0 Å². The summed E-state index contributed by atoms with van der Waals surface area (Å²) in [6, 6.07) is 12.8. The molecule has 3 aromatic rings. The standard InChI is InChI=1S/C17H13N3O5/c1-25-13-7-3-4-10(9-13)15-14(17(23)24)18-19-20(15)12-6-2-5-11(8-12)16(21)22/h2-9H,1H3,(H,21,22)(H,23,24). The maximum Gasteiger partial charge on any atom is 0.358 e. The Hall–Kier alpha value is -3.68. The number of methoxy groups -OCH3 is 1. The molecule has 0 aliphatic rings. The van der Waals surface area contributed by atoms with Crippen molar-refractivity contribution in [2.45, 2.75) is 0 Å². The molecule has 0 saturated carbocycles. The number of carboxylic acid groups (broad SMARTS) is 2. The molecule has 1 aromatic heterocycles. The zero-order valence-corrected chi connectivity index (χ0v) is 13.1. The van der Waals surface area contributed by atoms with E-state index in [1.165, 1.54) is 23.9 Å². The number of ether oxygens (including phenoxy) is 1. The van der Waals surface area contributed by atoms with Crippen LogP contribution in [0.15, 0.2) is 48.5 Å². The van der Waals surface area contributed by atoms with E-state index in [1.807, 2.05) is 0 Å². The number of hydrogen-bond donors (Lipinski definition) is 2. The number of benzene rings is 2. The molecule has 0 unspecified atom stereocenters. The molecule has 126 valence electrons. The molecule has 0 radical (unpaired) electrons. The lowest BCUT2D eigenvalue weighted by atomic mass is 10.1. The number of hydrogen-bond acceptors (Lipinski definition) is 5. The molecular weight excluding hydrogens is 326 g/mol. The third kappa shape index (κ3) is 3.05. The van der Waals surface area contributed by atoms with Gasteiger partial charge in [-0.05, 0) is 30.3 Å². The molecular formula is C17H13N3O5. The van der Waals surface area contributed by atoms with Crippen molar-refractivity contribution in [2.24, 2.45) is 0 Å². The fraction of sp³-hybridized carbons (Fsp3) is 0.0588. The third-order valence-corrected chi connectivity index (χ3v) is 3.55. The third-order valence-electron chi connectivity index (χ3n) is 3.55.